The minimum absolute atomic E-state index is 0.0272. The number of carbonyl (C=O) groups is 2. The summed E-state index contributed by atoms with van der Waals surface area (Å²) in [6.45, 7) is 2.73. The molecule has 3 rings (SSSR count). The standard InChI is InChI=1S/C14H14F2N2O2/c1-7-12(3-2-4-17-7)18-13(19)8-5-10(15)11(16)6-9(8)14(18)20/h5-7,12,17H,2-4H2,1H3. The summed E-state index contributed by atoms with van der Waals surface area (Å²) in [5.41, 5.74) is -0.0988. The molecular formula is C14H14F2N2O2. The van der Waals surface area contributed by atoms with Crippen LogP contribution in [0.2, 0.25) is 0 Å². The Morgan fingerprint density at radius 2 is 1.70 bits per heavy atom. The van der Waals surface area contributed by atoms with Gasteiger partial charge in [0.05, 0.1) is 17.2 Å². The van der Waals surface area contributed by atoms with Crippen molar-refractivity contribution in [2.75, 3.05) is 6.54 Å². The number of imide groups is 1. The summed E-state index contributed by atoms with van der Waals surface area (Å²) in [4.78, 5) is 25.7. The predicted octanol–water partition coefficient (Wildman–Crippen LogP) is 1.70. The lowest BCUT2D eigenvalue weighted by molar-refractivity contribution is 0.0520. The van der Waals surface area contributed by atoms with Crippen LogP contribution in [0, 0.1) is 11.6 Å². The Hall–Kier alpha value is -1.82. The van der Waals surface area contributed by atoms with E-state index in [9.17, 15) is 18.4 Å². The highest BCUT2D eigenvalue weighted by molar-refractivity contribution is 6.21. The van der Waals surface area contributed by atoms with E-state index >= 15 is 0 Å². The van der Waals surface area contributed by atoms with Crippen molar-refractivity contribution in [1.82, 2.24) is 10.2 Å². The van der Waals surface area contributed by atoms with Crippen LogP contribution >= 0.6 is 0 Å². The smallest absolute Gasteiger partial charge is 0.261 e. The van der Waals surface area contributed by atoms with Crippen LogP contribution in [-0.2, 0) is 0 Å². The molecule has 1 fully saturated rings. The van der Waals surface area contributed by atoms with Gasteiger partial charge in [-0.1, -0.05) is 0 Å². The average molecular weight is 280 g/mol. The van der Waals surface area contributed by atoms with E-state index < -0.39 is 23.4 Å². The molecule has 2 unspecified atom stereocenters. The molecule has 2 atom stereocenters. The Morgan fingerprint density at radius 1 is 1.15 bits per heavy atom. The zero-order valence-corrected chi connectivity index (χ0v) is 11.0. The number of hydrogen-bond acceptors (Lipinski definition) is 3. The molecule has 2 amide bonds. The highest BCUT2D eigenvalue weighted by Crippen LogP contribution is 2.29. The van der Waals surface area contributed by atoms with Crippen molar-refractivity contribution >= 4 is 11.8 Å². The van der Waals surface area contributed by atoms with Gasteiger partial charge in [0.15, 0.2) is 11.6 Å². The maximum absolute atomic E-state index is 13.3. The lowest BCUT2D eigenvalue weighted by Gasteiger charge is -2.35. The third kappa shape index (κ3) is 1.83. The maximum atomic E-state index is 13.3. The first kappa shape index (κ1) is 13.2. The highest BCUT2D eigenvalue weighted by atomic mass is 19.2. The third-order valence-electron chi connectivity index (χ3n) is 4.01. The number of fused-ring (bicyclic) bond motifs is 1. The van der Waals surface area contributed by atoms with E-state index in [0.29, 0.717) is 6.42 Å². The largest absolute Gasteiger partial charge is 0.312 e. The van der Waals surface area contributed by atoms with E-state index in [-0.39, 0.29) is 23.2 Å². The summed E-state index contributed by atoms with van der Waals surface area (Å²) in [6, 6.07) is 1.32. The number of benzene rings is 1. The van der Waals surface area contributed by atoms with Gasteiger partial charge in [0.1, 0.15) is 0 Å². The molecule has 0 spiro atoms. The van der Waals surface area contributed by atoms with Crippen molar-refractivity contribution in [3.63, 3.8) is 0 Å². The van der Waals surface area contributed by atoms with Crippen molar-refractivity contribution in [2.45, 2.75) is 31.8 Å². The van der Waals surface area contributed by atoms with Crippen LogP contribution in [-0.4, -0.2) is 35.3 Å². The minimum Gasteiger partial charge on any atom is -0.312 e. The molecule has 6 heteroatoms. The van der Waals surface area contributed by atoms with Crippen LogP contribution in [0.1, 0.15) is 40.5 Å². The van der Waals surface area contributed by atoms with Crippen molar-refractivity contribution in [1.29, 1.82) is 0 Å². The summed E-state index contributed by atoms with van der Waals surface area (Å²) >= 11 is 0. The number of halogens is 2. The summed E-state index contributed by atoms with van der Waals surface area (Å²) in [5, 5.41) is 3.21. The highest BCUT2D eigenvalue weighted by Gasteiger charge is 2.43. The fourth-order valence-corrected chi connectivity index (χ4v) is 2.93. The molecule has 2 aliphatic rings. The number of carbonyl (C=O) groups excluding carboxylic acids is 2. The van der Waals surface area contributed by atoms with Gasteiger partial charge in [-0.05, 0) is 38.4 Å². The molecule has 0 saturated carbocycles. The van der Waals surface area contributed by atoms with Crippen LogP contribution in [0.3, 0.4) is 0 Å². The number of nitrogens with one attached hydrogen (secondary N) is 1. The van der Waals surface area contributed by atoms with Gasteiger partial charge in [-0.15, -0.1) is 0 Å². The van der Waals surface area contributed by atoms with Gasteiger partial charge in [-0.25, -0.2) is 8.78 Å². The second-order valence-electron chi connectivity index (χ2n) is 5.24. The average Bonchev–Trinajstić information content (AvgIpc) is 2.64. The Bertz CT molecular complexity index is 562. The van der Waals surface area contributed by atoms with Crippen molar-refractivity contribution in [3.8, 4) is 0 Å². The topological polar surface area (TPSA) is 49.4 Å². The number of nitrogens with zero attached hydrogens (tertiary/aromatic N) is 1. The molecule has 1 aromatic rings. The normalized spacial score (nSPS) is 26.1. The lowest BCUT2D eigenvalue weighted by Crippen LogP contribution is -2.54. The summed E-state index contributed by atoms with van der Waals surface area (Å²) in [7, 11) is 0. The van der Waals surface area contributed by atoms with Gasteiger partial charge in [0.25, 0.3) is 11.8 Å². The number of piperidine rings is 1. The van der Waals surface area contributed by atoms with Gasteiger partial charge in [0, 0.05) is 6.04 Å². The van der Waals surface area contributed by atoms with E-state index in [0.717, 1.165) is 30.0 Å². The van der Waals surface area contributed by atoms with E-state index in [1.807, 2.05) is 6.92 Å². The van der Waals surface area contributed by atoms with E-state index in [1.54, 1.807) is 0 Å². The van der Waals surface area contributed by atoms with Crippen LogP contribution < -0.4 is 5.32 Å². The first-order valence-electron chi connectivity index (χ1n) is 6.61. The number of rotatable bonds is 1. The summed E-state index contributed by atoms with van der Waals surface area (Å²) in [5.74, 6) is -3.29. The van der Waals surface area contributed by atoms with Crippen LogP contribution in [0.5, 0.6) is 0 Å². The SMILES string of the molecule is CC1NCCCC1N1C(=O)c2cc(F)c(F)cc2C1=O. The van der Waals surface area contributed by atoms with Crippen LogP contribution in [0.25, 0.3) is 0 Å². The molecular weight excluding hydrogens is 266 g/mol. The van der Waals surface area contributed by atoms with Crippen molar-refractivity contribution < 1.29 is 18.4 Å². The molecule has 2 heterocycles. The van der Waals surface area contributed by atoms with Gasteiger partial charge in [0.2, 0.25) is 0 Å². The van der Waals surface area contributed by atoms with Gasteiger partial charge >= 0.3 is 0 Å². The molecule has 1 saturated heterocycles. The lowest BCUT2D eigenvalue weighted by atomic mass is 9.98. The number of amides is 2. The van der Waals surface area contributed by atoms with Crippen molar-refractivity contribution in [2.24, 2.45) is 0 Å². The van der Waals surface area contributed by atoms with Gasteiger partial charge in [-0.2, -0.15) is 0 Å². The fourth-order valence-electron chi connectivity index (χ4n) is 2.93. The zero-order valence-electron chi connectivity index (χ0n) is 11.0. The summed E-state index contributed by atoms with van der Waals surface area (Å²) in [6.07, 6.45) is 1.55. The van der Waals surface area contributed by atoms with Crippen molar-refractivity contribution in [3.05, 3.63) is 34.9 Å². The molecule has 106 valence electrons. The van der Waals surface area contributed by atoms with E-state index in [1.165, 1.54) is 0 Å². The molecule has 0 aromatic heterocycles. The Kier molecular flexibility index (Phi) is 3.05. The molecule has 0 bridgehead atoms. The molecule has 0 radical (unpaired) electrons. The second kappa shape index (κ2) is 4.63. The minimum atomic E-state index is -1.11. The molecule has 4 nitrogen and oxygen atoms in total. The van der Waals surface area contributed by atoms with Crippen LogP contribution in [0.4, 0.5) is 8.78 Å². The maximum Gasteiger partial charge on any atom is 0.261 e. The molecule has 2 aliphatic heterocycles. The molecule has 20 heavy (non-hydrogen) atoms. The Morgan fingerprint density at radius 3 is 2.20 bits per heavy atom. The molecule has 1 N–H and O–H groups in total. The molecule has 1 aromatic carbocycles. The third-order valence-corrected chi connectivity index (χ3v) is 4.01. The van der Waals surface area contributed by atoms with Crippen LogP contribution in [0.15, 0.2) is 12.1 Å². The van der Waals surface area contributed by atoms with Gasteiger partial charge < -0.3 is 5.32 Å². The zero-order chi connectivity index (χ0) is 14.4. The van der Waals surface area contributed by atoms with Gasteiger partial charge in [-0.3, -0.25) is 14.5 Å². The first-order chi connectivity index (χ1) is 9.50. The predicted molar refractivity (Wildman–Crippen MR) is 67.3 cm³/mol. The monoisotopic (exact) mass is 280 g/mol. The first-order valence-corrected chi connectivity index (χ1v) is 6.61. The van der Waals surface area contributed by atoms with E-state index in [4.69, 9.17) is 0 Å². The summed E-state index contributed by atoms with van der Waals surface area (Å²) < 4.78 is 26.5. The Balaban J connectivity index is 2.00. The number of hydrogen-bond donors (Lipinski definition) is 1. The Labute approximate surface area is 114 Å². The van der Waals surface area contributed by atoms with E-state index in [2.05, 4.69) is 5.32 Å². The molecule has 0 aliphatic carbocycles. The second-order valence-corrected chi connectivity index (χ2v) is 5.24. The fraction of sp³-hybridized carbons (Fsp3) is 0.429. The quantitative estimate of drug-likeness (QED) is 0.797.